The van der Waals surface area contributed by atoms with Crippen molar-refractivity contribution in [3.63, 3.8) is 0 Å². The molecule has 0 spiro atoms. The molecule has 28 atom stereocenters. The summed E-state index contributed by atoms with van der Waals surface area (Å²) in [6.07, 6.45) is -20.8. The first-order chi connectivity index (χ1) is 36.6. The minimum atomic E-state index is -1.99. The van der Waals surface area contributed by atoms with Gasteiger partial charge < -0.3 is 104 Å². The van der Waals surface area contributed by atoms with E-state index in [1.54, 1.807) is 14.0 Å². The van der Waals surface area contributed by atoms with E-state index in [0.29, 0.717) is 32.1 Å². The Morgan fingerprint density at radius 3 is 2.04 bits per heavy atom. The summed E-state index contributed by atoms with van der Waals surface area (Å²) in [6.45, 7) is 14.3. The molecule has 12 N–H and O–H groups in total. The Kier molecular flexibility index (Phi) is 17.2. The van der Waals surface area contributed by atoms with E-state index in [0.717, 1.165) is 24.8 Å². The molecule has 4 saturated heterocycles. The second-order valence-corrected chi connectivity index (χ2v) is 26.0. The molecule has 446 valence electrons. The Hall–Kier alpha value is -2.08. The van der Waals surface area contributed by atoms with Crippen molar-refractivity contribution in [2.45, 2.75) is 248 Å². The summed E-state index contributed by atoms with van der Waals surface area (Å²) in [5, 5.41) is 125. The summed E-state index contributed by atoms with van der Waals surface area (Å²) < 4.78 is 53.5. The van der Waals surface area contributed by atoms with Crippen LogP contribution in [0.5, 0.6) is 0 Å². The van der Waals surface area contributed by atoms with Gasteiger partial charge in [-0.1, -0.05) is 53.2 Å². The van der Waals surface area contributed by atoms with E-state index >= 15 is 4.79 Å². The van der Waals surface area contributed by atoms with Crippen LogP contribution >= 0.6 is 0 Å². The number of carbonyl (C=O) groups excluding carboxylic acids is 2. The summed E-state index contributed by atoms with van der Waals surface area (Å²) in [5.41, 5.74) is -2.61. The van der Waals surface area contributed by atoms with Gasteiger partial charge in [-0.2, -0.15) is 0 Å². The van der Waals surface area contributed by atoms with Gasteiger partial charge in [-0.3, -0.25) is 9.59 Å². The third-order valence-electron chi connectivity index (χ3n) is 21.4. The maximum atomic E-state index is 15.7. The zero-order chi connectivity index (χ0) is 57.0. The highest BCUT2D eigenvalue weighted by Crippen LogP contribution is 2.75. The molecule has 4 saturated carbocycles. The predicted molar refractivity (Wildman–Crippen MR) is 269 cm³/mol. The molecule has 0 aromatic heterocycles. The highest BCUT2D eigenvalue weighted by atomic mass is 16.8. The number of nitrogens with one attached hydrogen (secondary N) is 1. The van der Waals surface area contributed by atoms with Crippen LogP contribution in [-0.2, 0) is 52.2 Å². The normalized spacial score (nSPS) is 52.9. The smallest absolute Gasteiger partial charge is 0.317 e. The number of aliphatic hydroxyl groups excluding tert-OH is 11. The molecule has 9 rings (SSSR count). The molecule has 1 amide bonds. The maximum absolute atomic E-state index is 15.7. The van der Waals surface area contributed by atoms with Gasteiger partial charge in [0.2, 0.25) is 12.2 Å². The number of fused-ring (bicyclic) bond motifs is 7. The van der Waals surface area contributed by atoms with E-state index in [4.69, 9.17) is 42.6 Å². The fourth-order valence-corrected chi connectivity index (χ4v) is 16.4. The van der Waals surface area contributed by atoms with Crippen LogP contribution in [0.3, 0.4) is 0 Å². The predicted octanol–water partition coefficient (Wildman–Crippen LogP) is -0.846. The van der Waals surface area contributed by atoms with Crippen LogP contribution in [0.1, 0.15) is 120 Å². The molecular weight excluding hydrogens is 1030 g/mol. The zero-order valence-corrected chi connectivity index (χ0v) is 46.5. The van der Waals surface area contributed by atoms with Crippen LogP contribution in [0.4, 0.5) is 0 Å². The van der Waals surface area contributed by atoms with E-state index in [1.165, 1.54) is 6.92 Å². The summed E-state index contributed by atoms with van der Waals surface area (Å²) >= 11 is 0. The Morgan fingerprint density at radius 1 is 0.705 bits per heavy atom. The number of carbonyl (C=O) groups is 2. The molecule has 5 aliphatic carbocycles. The zero-order valence-electron chi connectivity index (χ0n) is 46.5. The summed E-state index contributed by atoms with van der Waals surface area (Å²) in [6, 6.07) is -1.55. The lowest BCUT2D eigenvalue weighted by atomic mass is 9.34. The molecule has 4 heterocycles. The SMILES string of the molecule is CC[C@H]1O[C@@H](OCC(=O)N[C@H]2C(CO)O[C@@H](OC(=O)[C@]34CCC(C)(C)CC3C3=CCC5C6(C)CC[C@H](O)[C@](C)(OC)[C@@H]6CCC5(C)C3(C)CC4O)C(O[C@@H]3OC(C)[C@H](O[C@@H]4OC[C@H](O)C(O)C4O)C(O)C3O)C2O)C(O)C1O. The Balaban J connectivity index is 1.01. The summed E-state index contributed by atoms with van der Waals surface area (Å²) in [5.74, 6) is -2.04. The molecule has 8 fully saturated rings. The van der Waals surface area contributed by atoms with Gasteiger partial charge in [-0.05, 0) is 117 Å². The first-order valence-corrected chi connectivity index (χ1v) is 28.3. The van der Waals surface area contributed by atoms with Gasteiger partial charge in [0.15, 0.2) is 25.0 Å². The molecular formula is C55H89NO22. The minimum absolute atomic E-state index is 0.0816. The van der Waals surface area contributed by atoms with Gasteiger partial charge in [0.1, 0.15) is 73.1 Å². The molecule has 23 heteroatoms. The Bertz CT molecular complexity index is 2190. The van der Waals surface area contributed by atoms with Crippen molar-refractivity contribution >= 4 is 11.9 Å². The first kappa shape index (κ1) is 60.5. The van der Waals surface area contributed by atoms with Crippen molar-refractivity contribution in [2.24, 2.45) is 44.8 Å². The molecule has 78 heavy (non-hydrogen) atoms. The molecule has 4 aliphatic heterocycles. The average molecular weight is 1120 g/mol. The van der Waals surface area contributed by atoms with Crippen LogP contribution in [0.15, 0.2) is 11.6 Å². The highest BCUT2D eigenvalue weighted by molar-refractivity contribution is 5.80. The number of aliphatic hydroxyl groups is 11. The number of esters is 1. The third kappa shape index (κ3) is 9.83. The van der Waals surface area contributed by atoms with Crippen molar-refractivity contribution in [1.82, 2.24) is 5.32 Å². The summed E-state index contributed by atoms with van der Waals surface area (Å²) in [7, 11) is 1.68. The van der Waals surface area contributed by atoms with Crippen molar-refractivity contribution < 1.29 is 108 Å². The lowest BCUT2D eigenvalue weighted by Crippen LogP contribution is -2.70. The van der Waals surface area contributed by atoms with E-state index in [1.807, 2.05) is 6.92 Å². The number of hydrogen-bond acceptors (Lipinski definition) is 22. The number of ether oxygens (including phenoxy) is 9. The van der Waals surface area contributed by atoms with Gasteiger partial charge in [0, 0.05) is 7.11 Å². The average Bonchev–Trinajstić information content (AvgIpc) is 3.59. The largest absolute Gasteiger partial charge is 0.432 e. The molecule has 16 unspecified atom stereocenters. The Labute approximate surface area is 455 Å². The molecule has 9 aliphatic rings. The maximum Gasteiger partial charge on any atom is 0.317 e. The minimum Gasteiger partial charge on any atom is -0.432 e. The van der Waals surface area contributed by atoms with Crippen LogP contribution in [0.25, 0.3) is 0 Å². The molecule has 0 bridgehead atoms. The Morgan fingerprint density at radius 2 is 1.37 bits per heavy atom. The second-order valence-electron chi connectivity index (χ2n) is 26.0. The fourth-order valence-electron chi connectivity index (χ4n) is 16.4. The lowest BCUT2D eigenvalue weighted by Gasteiger charge is -2.71. The van der Waals surface area contributed by atoms with Crippen molar-refractivity contribution in [2.75, 3.05) is 26.9 Å². The van der Waals surface area contributed by atoms with Crippen LogP contribution in [0, 0.1) is 44.8 Å². The number of hydrogen-bond donors (Lipinski definition) is 12. The van der Waals surface area contributed by atoms with Gasteiger partial charge in [0.05, 0.1) is 49.3 Å². The van der Waals surface area contributed by atoms with Crippen LogP contribution in [-0.4, -0.2) is 223 Å². The fraction of sp³-hybridized carbons (Fsp3) is 0.927. The lowest BCUT2D eigenvalue weighted by molar-refractivity contribution is -0.370. The molecule has 0 aromatic rings. The first-order valence-electron chi connectivity index (χ1n) is 28.3. The van der Waals surface area contributed by atoms with E-state index in [2.05, 4.69) is 46.0 Å². The molecule has 0 aromatic carbocycles. The van der Waals surface area contributed by atoms with Crippen LogP contribution in [0.2, 0.25) is 0 Å². The second kappa shape index (κ2) is 22.2. The monoisotopic (exact) mass is 1120 g/mol. The molecule has 0 radical (unpaired) electrons. The topological polar surface area (TPSA) is 352 Å². The number of amides is 1. The number of allylic oxidation sites excluding steroid dienone is 2. The number of methoxy groups -OCH3 is 1. The van der Waals surface area contributed by atoms with Crippen LogP contribution < -0.4 is 5.32 Å². The quantitative estimate of drug-likeness (QED) is 0.0790. The van der Waals surface area contributed by atoms with Gasteiger partial charge >= 0.3 is 5.97 Å². The standard InChI is InChI=1S/C55H89NO22/c1-10-28-37(63)41(67)45(74-28)72-23-34(61)56-35-29(21-57)75-48(44(38(35)64)77-47-42(68)39(65)43(24(2)73-47)76-46-40(66)36(62)27(58)22-71-46)78-49(69)55-18-17-50(3,4)19-26(55)25-11-12-30-51(5)15-14-32(59)54(8,70-9)31(51)13-16-52(30,6)53(25,7)20-33(55)60/h11,24,26-33,35-48,57-60,62-68H,10,12-23H2,1-9H3,(H,56,61)/t24?,26?,27-,28+,29?,30?,31+,32-,33?,35-,36?,37?,38?,39?,40?,41?,42?,43-,44?,45+,46-,47-,48-,51?,52?,53?,54+,55+/m0/s1. The molecule has 23 nitrogen and oxygen atoms in total. The van der Waals surface area contributed by atoms with Crippen molar-refractivity contribution in [1.29, 1.82) is 0 Å². The third-order valence-corrected chi connectivity index (χ3v) is 21.4. The summed E-state index contributed by atoms with van der Waals surface area (Å²) in [4.78, 5) is 29.3. The van der Waals surface area contributed by atoms with E-state index < -0.39 is 177 Å². The van der Waals surface area contributed by atoms with Gasteiger partial charge in [-0.15, -0.1) is 0 Å². The number of rotatable bonds is 13. The van der Waals surface area contributed by atoms with E-state index in [-0.39, 0.29) is 40.9 Å². The van der Waals surface area contributed by atoms with Gasteiger partial charge in [-0.25, -0.2) is 0 Å². The van der Waals surface area contributed by atoms with Crippen molar-refractivity contribution in [3.8, 4) is 0 Å². The van der Waals surface area contributed by atoms with E-state index in [9.17, 15) is 61.0 Å². The van der Waals surface area contributed by atoms with Crippen molar-refractivity contribution in [3.05, 3.63) is 11.6 Å². The van der Waals surface area contributed by atoms with Gasteiger partial charge in [0.25, 0.3) is 0 Å². The highest BCUT2D eigenvalue weighted by Gasteiger charge is 2.72.